The number of nitrogens with zero attached hydrogens (tertiary/aromatic N) is 3. The van der Waals surface area contributed by atoms with Gasteiger partial charge in [0, 0.05) is 26.2 Å². The topological polar surface area (TPSA) is 49.3 Å². The average Bonchev–Trinajstić information content (AvgIpc) is 2.73. The lowest BCUT2D eigenvalue weighted by atomic mass is 9.94. The van der Waals surface area contributed by atoms with Crippen molar-refractivity contribution in [2.45, 2.75) is 39.2 Å². The average molecular weight is 516 g/mol. The molecule has 7 heteroatoms. The smallest absolute Gasteiger partial charge is 0.194 e. The van der Waals surface area contributed by atoms with Crippen LogP contribution in [0.3, 0.4) is 0 Å². The van der Waals surface area contributed by atoms with Gasteiger partial charge in [-0.3, -0.25) is 4.99 Å². The Hall–Kier alpha value is -1.22. The zero-order valence-electron chi connectivity index (χ0n) is 18.4. The molecule has 0 amide bonds. The van der Waals surface area contributed by atoms with Crippen molar-refractivity contribution in [2.24, 2.45) is 10.9 Å². The number of likely N-dealkylation sites (tertiary alicyclic amines) is 1. The highest BCUT2D eigenvalue weighted by Crippen LogP contribution is 2.33. The molecule has 2 heterocycles. The Bertz CT molecular complexity index is 675. The molecule has 0 aromatic heterocycles. The van der Waals surface area contributed by atoms with E-state index >= 15 is 0 Å². The summed E-state index contributed by atoms with van der Waals surface area (Å²) < 4.78 is 10.9. The minimum atomic E-state index is 0. The summed E-state index contributed by atoms with van der Waals surface area (Å²) in [5.41, 5.74) is 2.64. The molecule has 2 aliphatic rings. The number of hydrogen-bond donors (Lipinski definition) is 1. The normalized spacial score (nSPS) is 18.1. The number of benzene rings is 1. The Kier molecular flexibility index (Phi) is 9.82. The van der Waals surface area contributed by atoms with Crippen molar-refractivity contribution in [1.29, 1.82) is 0 Å². The van der Waals surface area contributed by atoms with Crippen molar-refractivity contribution in [3.05, 3.63) is 23.3 Å². The Labute approximate surface area is 193 Å². The number of ether oxygens (including phenoxy) is 2. The van der Waals surface area contributed by atoms with Gasteiger partial charge in [0.2, 0.25) is 0 Å². The molecule has 0 unspecified atom stereocenters. The summed E-state index contributed by atoms with van der Waals surface area (Å²) in [6.45, 7) is 8.22. The quantitative estimate of drug-likeness (QED) is 0.357. The summed E-state index contributed by atoms with van der Waals surface area (Å²) in [6, 6.07) is 4.23. The van der Waals surface area contributed by atoms with E-state index in [1.165, 1.54) is 43.5 Å². The number of methoxy groups -OCH3 is 2. The van der Waals surface area contributed by atoms with Gasteiger partial charge >= 0.3 is 0 Å². The van der Waals surface area contributed by atoms with Crippen LogP contribution in [0.5, 0.6) is 11.5 Å². The molecule has 1 aromatic rings. The number of nitrogens with one attached hydrogen (secondary N) is 1. The third-order valence-electron chi connectivity index (χ3n) is 5.99. The van der Waals surface area contributed by atoms with E-state index in [1.807, 2.05) is 0 Å². The first-order chi connectivity index (χ1) is 13.6. The Morgan fingerprint density at radius 3 is 2.38 bits per heavy atom. The molecule has 0 aliphatic carbocycles. The van der Waals surface area contributed by atoms with Gasteiger partial charge in [-0.25, -0.2) is 0 Å². The van der Waals surface area contributed by atoms with Crippen LogP contribution in [0.4, 0.5) is 0 Å². The molecule has 6 nitrogen and oxygen atoms in total. The second-order valence-corrected chi connectivity index (χ2v) is 7.92. The lowest BCUT2D eigenvalue weighted by molar-refractivity contribution is 0.214. The number of fused-ring (bicyclic) bond motifs is 1. The fourth-order valence-electron chi connectivity index (χ4n) is 4.19. The van der Waals surface area contributed by atoms with Gasteiger partial charge in [-0.05, 0) is 81.9 Å². The number of halogens is 1. The van der Waals surface area contributed by atoms with Crippen LogP contribution in [0, 0.1) is 5.92 Å². The van der Waals surface area contributed by atoms with Crippen molar-refractivity contribution < 1.29 is 9.47 Å². The zero-order valence-corrected chi connectivity index (χ0v) is 20.7. The summed E-state index contributed by atoms with van der Waals surface area (Å²) in [7, 11) is 5.61. The van der Waals surface area contributed by atoms with E-state index < -0.39 is 0 Å². The van der Waals surface area contributed by atoms with Crippen LogP contribution in [0.1, 0.15) is 37.3 Å². The predicted molar refractivity (Wildman–Crippen MR) is 130 cm³/mol. The van der Waals surface area contributed by atoms with Crippen molar-refractivity contribution in [2.75, 3.05) is 54.0 Å². The highest BCUT2D eigenvalue weighted by Gasteiger charge is 2.22. The third-order valence-corrected chi connectivity index (χ3v) is 5.99. The van der Waals surface area contributed by atoms with Gasteiger partial charge in [0.25, 0.3) is 0 Å². The van der Waals surface area contributed by atoms with Gasteiger partial charge < -0.3 is 24.6 Å². The van der Waals surface area contributed by atoms with Crippen LogP contribution in [0.25, 0.3) is 0 Å². The number of hydrogen-bond acceptors (Lipinski definition) is 4. The summed E-state index contributed by atoms with van der Waals surface area (Å²) in [6.07, 6.45) is 4.80. The van der Waals surface area contributed by atoms with Gasteiger partial charge in [-0.1, -0.05) is 0 Å². The van der Waals surface area contributed by atoms with E-state index in [0.29, 0.717) is 0 Å². The summed E-state index contributed by atoms with van der Waals surface area (Å²) in [4.78, 5) is 9.76. The first-order valence-electron chi connectivity index (χ1n) is 10.6. The largest absolute Gasteiger partial charge is 0.493 e. The van der Waals surface area contributed by atoms with Crippen LogP contribution in [-0.4, -0.2) is 69.8 Å². The van der Waals surface area contributed by atoms with E-state index in [-0.39, 0.29) is 24.0 Å². The van der Waals surface area contributed by atoms with E-state index in [4.69, 9.17) is 14.5 Å². The highest BCUT2D eigenvalue weighted by atomic mass is 127. The molecule has 0 radical (unpaired) electrons. The molecule has 0 atom stereocenters. The van der Waals surface area contributed by atoms with E-state index in [0.717, 1.165) is 56.0 Å². The Balaban J connectivity index is 0.00000300. The number of guanidine groups is 1. The van der Waals surface area contributed by atoms with Crippen molar-refractivity contribution in [1.82, 2.24) is 15.1 Å². The van der Waals surface area contributed by atoms with Gasteiger partial charge in [0.1, 0.15) is 0 Å². The molecule has 0 bridgehead atoms. The summed E-state index contributed by atoms with van der Waals surface area (Å²) in [5.74, 6) is 3.47. The minimum Gasteiger partial charge on any atom is -0.493 e. The van der Waals surface area contributed by atoms with Crippen LogP contribution in [0.2, 0.25) is 0 Å². The molecular weight excluding hydrogens is 479 g/mol. The predicted octanol–water partition coefficient (Wildman–Crippen LogP) is 3.38. The summed E-state index contributed by atoms with van der Waals surface area (Å²) >= 11 is 0. The van der Waals surface area contributed by atoms with Gasteiger partial charge in [0.15, 0.2) is 17.5 Å². The molecule has 2 aliphatic heterocycles. The molecular formula is C22H37IN4O2. The molecule has 3 rings (SSSR count). The molecule has 0 spiro atoms. The van der Waals surface area contributed by atoms with Gasteiger partial charge in [-0.15, -0.1) is 24.0 Å². The van der Waals surface area contributed by atoms with Gasteiger partial charge in [0.05, 0.1) is 14.2 Å². The first kappa shape index (κ1) is 24.1. The number of piperidine rings is 1. The standard InChI is InChI=1S/C22H36N4O2.HI/c1-5-23-22(24-10-6-17-7-11-25(2)12-8-17)26-13-9-18-14-20(27-3)21(28-4)15-19(18)16-26;/h14-15,17H,5-13,16H2,1-4H3,(H,23,24);1H. The lowest BCUT2D eigenvalue weighted by Crippen LogP contribution is -2.44. The molecule has 164 valence electrons. The maximum Gasteiger partial charge on any atom is 0.194 e. The second-order valence-electron chi connectivity index (χ2n) is 7.92. The van der Waals surface area contributed by atoms with E-state index in [2.05, 4.69) is 41.2 Å². The van der Waals surface area contributed by atoms with E-state index in [1.54, 1.807) is 14.2 Å². The van der Waals surface area contributed by atoms with Crippen LogP contribution < -0.4 is 14.8 Å². The molecule has 1 saturated heterocycles. The highest BCUT2D eigenvalue weighted by molar-refractivity contribution is 14.0. The fourth-order valence-corrected chi connectivity index (χ4v) is 4.19. The van der Waals surface area contributed by atoms with E-state index in [9.17, 15) is 0 Å². The minimum absolute atomic E-state index is 0. The third kappa shape index (κ3) is 6.38. The SMILES string of the molecule is CCNC(=NCCC1CCN(C)CC1)N1CCc2cc(OC)c(OC)cc2C1.I. The number of aliphatic imine (C=N–C) groups is 1. The van der Waals surface area contributed by atoms with Crippen LogP contribution in [-0.2, 0) is 13.0 Å². The first-order valence-corrected chi connectivity index (χ1v) is 10.6. The molecule has 1 N–H and O–H groups in total. The molecule has 1 fully saturated rings. The Morgan fingerprint density at radius 2 is 1.76 bits per heavy atom. The summed E-state index contributed by atoms with van der Waals surface area (Å²) in [5, 5.41) is 3.49. The van der Waals surface area contributed by atoms with Gasteiger partial charge in [-0.2, -0.15) is 0 Å². The maximum atomic E-state index is 5.49. The maximum absolute atomic E-state index is 5.49. The molecule has 29 heavy (non-hydrogen) atoms. The van der Waals surface area contributed by atoms with Crippen molar-refractivity contribution >= 4 is 29.9 Å². The monoisotopic (exact) mass is 516 g/mol. The molecule has 1 aromatic carbocycles. The van der Waals surface area contributed by atoms with Crippen molar-refractivity contribution in [3.8, 4) is 11.5 Å². The lowest BCUT2D eigenvalue weighted by Gasteiger charge is -2.32. The molecule has 0 saturated carbocycles. The zero-order chi connectivity index (χ0) is 19.9. The number of rotatable bonds is 6. The Morgan fingerprint density at radius 1 is 1.10 bits per heavy atom. The fraction of sp³-hybridized carbons (Fsp3) is 0.682. The van der Waals surface area contributed by atoms with Crippen LogP contribution >= 0.6 is 24.0 Å². The second kappa shape index (κ2) is 11.8. The van der Waals surface area contributed by atoms with Crippen molar-refractivity contribution in [3.63, 3.8) is 0 Å². The van der Waals surface area contributed by atoms with Crippen LogP contribution in [0.15, 0.2) is 17.1 Å².